The van der Waals surface area contributed by atoms with Crippen molar-refractivity contribution in [3.8, 4) is 0 Å². The van der Waals surface area contributed by atoms with E-state index in [0.717, 1.165) is 63.5 Å². The van der Waals surface area contributed by atoms with Gasteiger partial charge in [-0.1, -0.05) is 0 Å². The highest BCUT2D eigenvalue weighted by Crippen LogP contribution is 2.46. The average Bonchev–Trinajstić information content (AvgIpc) is 3.22. The van der Waals surface area contributed by atoms with Gasteiger partial charge in [0, 0.05) is 38.7 Å². The van der Waals surface area contributed by atoms with E-state index >= 15 is 0 Å². The summed E-state index contributed by atoms with van der Waals surface area (Å²) in [5, 5.41) is 4.10. The predicted molar refractivity (Wildman–Crippen MR) is 97.7 cm³/mol. The van der Waals surface area contributed by atoms with Gasteiger partial charge in [0.1, 0.15) is 0 Å². The van der Waals surface area contributed by atoms with E-state index in [-0.39, 0.29) is 10.7 Å². The molecule has 0 aromatic carbocycles. The highest BCUT2D eigenvalue weighted by atomic mass is 32.2. The Morgan fingerprint density at radius 3 is 2.96 bits per heavy atom. The Morgan fingerprint density at radius 2 is 2.21 bits per heavy atom. The molecule has 0 aliphatic carbocycles. The maximum atomic E-state index is 12.3. The Kier molecular flexibility index (Phi) is 5.18. The fraction of sp³-hybridized carbons (Fsp3) is 0.722. The molecule has 6 heteroatoms. The molecule has 1 aromatic heterocycles. The quantitative estimate of drug-likeness (QED) is 0.802. The fourth-order valence-corrected chi connectivity index (χ4v) is 6.04. The third-order valence-corrected chi connectivity index (χ3v) is 7.64. The SMILES string of the molecule is O=C(Cc1ccsc1)N1CC2(C[C@H](OCC3CCOCC3)CS2)C1. The van der Waals surface area contributed by atoms with Crippen molar-refractivity contribution >= 4 is 29.0 Å². The Labute approximate surface area is 151 Å². The molecule has 4 nitrogen and oxygen atoms in total. The molecule has 0 N–H and O–H groups in total. The molecule has 3 aliphatic heterocycles. The Hall–Kier alpha value is -0.560. The van der Waals surface area contributed by atoms with Gasteiger partial charge in [-0.25, -0.2) is 0 Å². The third kappa shape index (κ3) is 3.82. The predicted octanol–water partition coefficient (Wildman–Crippen LogP) is 2.82. The van der Waals surface area contributed by atoms with Crippen molar-refractivity contribution in [3.63, 3.8) is 0 Å². The van der Waals surface area contributed by atoms with E-state index in [0.29, 0.717) is 18.4 Å². The van der Waals surface area contributed by atoms with Gasteiger partial charge in [0.05, 0.1) is 17.3 Å². The molecule has 1 spiro atoms. The van der Waals surface area contributed by atoms with Gasteiger partial charge in [-0.3, -0.25) is 4.79 Å². The zero-order valence-corrected chi connectivity index (χ0v) is 15.6. The molecule has 24 heavy (non-hydrogen) atoms. The summed E-state index contributed by atoms with van der Waals surface area (Å²) in [5.74, 6) is 2.02. The summed E-state index contributed by atoms with van der Waals surface area (Å²) in [5.41, 5.74) is 1.14. The number of hydrogen-bond acceptors (Lipinski definition) is 5. The molecule has 0 unspecified atom stereocenters. The molecular formula is C18H25NO3S2. The summed E-state index contributed by atoms with van der Waals surface area (Å²) in [7, 11) is 0. The molecule has 3 aliphatic rings. The number of rotatable bonds is 5. The van der Waals surface area contributed by atoms with Crippen molar-refractivity contribution in [2.45, 2.75) is 36.5 Å². The number of nitrogens with zero attached hydrogens (tertiary/aromatic N) is 1. The van der Waals surface area contributed by atoms with Crippen molar-refractivity contribution in [3.05, 3.63) is 22.4 Å². The van der Waals surface area contributed by atoms with Crippen LogP contribution in [0.4, 0.5) is 0 Å². The van der Waals surface area contributed by atoms with E-state index in [1.165, 1.54) is 0 Å². The van der Waals surface area contributed by atoms with Crippen LogP contribution in [0.25, 0.3) is 0 Å². The minimum atomic E-state index is 0.269. The van der Waals surface area contributed by atoms with Crippen molar-refractivity contribution < 1.29 is 14.3 Å². The number of amides is 1. The first kappa shape index (κ1) is 16.9. The van der Waals surface area contributed by atoms with E-state index < -0.39 is 0 Å². The molecule has 0 radical (unpaired) electrons. The Bertz CT molecular complexity index is 551. The van der Waals surface area contributed by atoms with Crippen LogP contribution in [0, 0.1) is 5.92 Å². The van der Waals surface area contributed by atoms with Crippen LogP contribution in [0.1, 0.15) is 24.8 Å². The van der Waals surface area contributed by atoms with Gasteiger partial charge in [-0.15, -0.1) is 11.8 Å². The van der Waals surface area contributed by atoms with E-state index in [1.54, 1.807) is 11.3 Å². The second-order valence-electron chi connectivity index (χ2n) is 7.27. The minimum Gasteiger partial charge on any atom is -0.381 e. The van der Waals surface area contributed by atoms with Crippen LogP contribution in [0.2, 0.25) is 0 Å². The van der Waals surface area contributed by atoms with Gasteiger partial charge in [0.2, 0.25) is 5.91 Å². The van der Waals surface area contributed by atoms with Gasteiger partial charge < -0.3 is 14.4 Å². The van der Waals surface area contributed by atoms with E-state index in [9.17, 15) is 4.79 Å². The molecule has 1 aromatic rings. The third-order valence-electron chi connectivity index (χ3n) is 5.33. The number of thiophene rings is 1. The fourth-order valence-electron chi connectivity index (χ4n) is 3.82. The second kappa shape index (κ2) is 7.36. The molecule has 0 saturated carbocycles. The molecule has 132 valence electrons. The first-order valence-corrected chi connectivity index (χ1v) is 10.8. The van der Waals surface area contributed by atoms with E-state index in [1.807, 2.05) is 28.1 Å². The molecule has 0 bridgehead atoms. The maximum absolute atomic E-state index is 12.3. The molecule has 1 atom stereocenters. The largest absolute Gasteiger partial charge is 0.381 e. The zero-order valence-electron chi connectivity index (χ0n) is 13.9. The van der Waals surface area contributed by atoms with E-state index in [4.69, 9.17) is 9.47 Å². The van der Waals surface area contributed by atoms with Crippen LogP contribution < -0.4 is 0 Å². The highest BCUT2D eigenvalue weighted by molar-refractivity contribution is 8.01. The van der Waals surface area contributed by atoms with Gasteiger partial charge in [0.25, 0.3) is 0 Å². The summed E-state index contributed by atoms with van der Waals surface area (Å²) in [4.78, 5) is 14.3. The first-order valence-electron chi connectivity index (χ1n) is 8.85. The molecule has 3 saturated heterocycles. The lowest BCUT2D eigenvalue weighted by atomic mass is 9.92. The minimum absolute atomic E-state index is 0.269. The number of carbonyl (C=O) groups is 1. The maximum Gasteiger partial charge on any atom is 0.227 e. The van der Waals surface area contributed by atoms with Gasteiger partial charge >= 0.3 is 0 Å². The number of thioether (sulfide) groups is 1. The van der Waals surface area contributed by atoms with Crippen molar-refractivity contribution in [2.75, 3.05) is 38.7 Å². The average molecular weight is 368 g/mol. The van der Waals surface area contributed by atoms with Crippen molar-refractivity contribution in [1.29, 1.82) is 0 Å². The highest BCUT2D eigenvalue weighted by Gasteiger charge is 2.50. The second-order valence-corrected chi connectivity index (χ2v) is 9.54. The lowest BCUT2D eigenvalue weighted by molar-refractivity contribution is -0.136. The molecule has 4 rings (SSSR count). The lowest BCUT2D eigenvalue weighted by Crippen LogP contribution is -2.61. The summed E-state index contributed by atoms with van der Waals surface area (Å²) >= 11 is 3.67. The van der Waals surface area contributed by atoms with Crippen LogP contribution in [0.3, 0.4) is 0 Å². The zero-order chi connectivity index (χ0) is 16.4. The summed E-state index contributed by atoms with van der Waals surface area (Å²) < 4.78 is 11.9. The van der Waals surface area contributed by atoms with Gasteiger partial charge in [-0.05, 0) is 47.6 Å². The molecule has 4 heterocycles. The standard InChI is InChI=1S/C18H25NO3S2/c20-17(7-15-3-6-23-10-15)19-12-18(13-19)8-16(11-24-18)22-9-14-1-4-21-5-2-14/h3,6,10,14,16H,1-2,4-5,7-9,11-13H2/t16-/m0/s1. The first-order chi connectivity index (χ1) is 11.7. The number of hydrogen-bond donors (Lipinski definition) is 0. The normalized spacial score (nSPS) is 26.7. The molecule has 3 fully saturated rings. The molecular weight excluding hydrogens is 342 g/mol. The molecule has 1 amide bonds. The van der Waals surface area contributed by atoms with Crippen molar-refractivity contribution in [1.82, 2.24) is 4.90 Å². The number of ether oxygens (including phenoxy) is 2. The summed E-state index contributed by atoms with van der Waals surface area (Å²) in [6.07, 6.45) is 4.29. The van der Waals surface area contributed by atoms with Crippen LogP contribution >= 0.6 is 23.1 Å². The van der Waals surface area contributed by atoms with Gasteiger partial charge in [-0.2, -0.15) is 11.3 Å². The topological polar surface area (TPSA) is 38.8 Å². The Balaban J connectivity index is 1.19. The number of carbonyl (C=O) groups excluding carboxylic acids is 1. The van der Waals surface area contributed by atoms with Crippen LogP contribution in [0.5, 0.6) is 0 Å². The van der Waals surface area contributed by atoms with Crippen LogP contribution in [-0.4, -0.2) is 60.3 Å². The number of likely N-dealkylation sites (tertiary alicyclic amines) is 1. The van der Waals surface area contributed by atoms with Gasteiger partial charge in [0.15, 0.2) is 0 Å². The summed E-state index contributed by atoms with van der Waals surface area (Å²) in [6.45, 7) is 4.46. The Morgan fingerprint density at radius 1 is 1.38 bits per heavy atom. The smallest absolute Gasteiger partial charge is 0.227 e. The van der Waals surface area contributed by atoms with Crippen LogP contribution in [-0.2, 0) is 20.7 Å². The van der Waals surface area contributed by atoms with Crippen molar-refractivity contribution in [2.24, 2.45) is 5.92 Å². The lowest BCUT2D eigenvalue weighted by Gasteiger charge is -2.47. The summed E-state index contributed by atoms with van der Waals surface area (Å²) in [6, 6.07) is 2.04. The monoisotopic (exact) mass is 367 g/mol. The van der Waals surface area contributed by atoms with Crippen LogP contribution in [0.15, 0.2) is 16.8 Å². The van der Waals surface area contributed by atoms with E-state index in [2.05, 4.69) is 5.38 Å².